The monoisotopic (exact) mass is 165 g/mol. The lowest BCUT2D eigenvalue weighted by Gasteiger charge is -1.98. The fourth-order valence-electron chi connectivity index (χ4n) is 1.01. The van der Waals surface area contributed by atoms with Gasteiger partial charge in [0.25, 0.3) is 0 Å². The van der Waals surface area contributed by atoms with Gasteiger partial charge in [0.15, 0.2) is 0 Å². The molecule has 0 saturated carbocycles. The first-order valence-electron chi connectivity index (χ1n) is 3.96. The highest BCUT2D eigenvalue weighted by Gasteiger charge is 1.89. The molecule has 0 unspecified atom stereocenters. The normalized spacial score (nSPS) is 8.17. The van der Waals surface area contributed by atoms with E-state index in [1.165, 1.54) is 11.1 Å². The molecule has 0 saturated heterocycles. The number of primary amides is 1. The molecule has 0 fully saturated rings. The predicted molar refractivity (Wildman–Crippen MR) is 50.8 cm³/mol. The summed E-state index contributed by atoms with van der Waals surface area (Å²) in [6, 6.07) is 8.49. The maximum atomic E-state index is 8.58. The third-order valence-corrected chi connectivity index (χ3v) is 1.64. The number of benzene rings is 1. The Labute approximate surface area is 73.4 Å². The molecule has 1 aromatic carbocycles. The summed E-state index contributed by atoms with van der Waals surface area (Å²) in [6.45, 7) is 4.33. The summed E-state index contributed by atoms with van der Waals surface area (Å²) in [7, 11) is 0. The van der Waals surface area contributed by atoms with Gasteiger partial charge in [-0.15, -0.1) is 0 Å². The van der Waals surface area contributed by atoms with E-state index in [4.69, 9.17) is 4.79 Å². The van der Waals surface area contributed by atoms with Crippen LogP contribution in [0.5, 0.6) is 0 Å². The predicted octanol–water partition coefficient (Wildman–Crippen LogP) is 1.66. The second-order valence-corrected chi connectivity index (χ2v) is 2.42. The van der Waals surface area contributed by atoms with Gasteiger partial charge < -0.3 is 5.73 Å². The van der Waals surface area contributed by atoms with Crippen LogP contribution in [-0.4, -0.2) is 6.41 Å². The van der Waals surface area contributed by atoms with E-state index in [1.54, 1.807) is 0 Å². The number of hydrogen-bond acceptors (Lipinski definition) is 1. The molecule has 0 aliphatic carbocycles. The van der Waals surface area contributed by atoms with Crippen LogP contribution < -0.4 is 5.73 Å². The lowest BCUT2D eigenvalue weighted by atomic mass is 10.1. The van der Waals surface area contributed by atoms with Crippen molar-refractivity contribution in [3.63, 3.8) is 0 Å². The molecule has 0 aliphatic rings. The summed E-state index contributed by atoms with van der Waals surface area (Å²) in [5.74, 6) is 0. The average molecular weight is 165 g/mol. The van der Waals surface area contributed by atoms with Crippen molar-refractivity contribution in [3.8, 4) is 0 Å². The van der Waals surface area contributed by atoms with E-state index in [0.29, 0.717) is 0 Å². The molecule has 2 nitrogen and oxygen atoms in total. The molecule has 0 radical (unpaired) electrons. The number of carbonyl (C=O) groups is 1. The van der Waals surface area contributed by atoms with E-state index in [9.17, 15) is 0 Å². The first-order chi connectivity index (χ1) is 5.76. The fraction of sp³-hybridized carbons (Fsp3) is 0.300. The molecule has 2 N–H and O–H groups in total. The molecular formula is C10H15NO. The van der Waals surface area contributed by atoms with Gasteiger partial charge in [-0.1, -0.05) is 31.2 Å². The number of carbonyl (C=O) groups excluding carboxylic acids is 1. The highest BCUT2D eigenvalue weighted by atomic mass is 16.1. The average Bonchev–Trinajstić information content (AvgIpc) is 2.07. The molecule has 0 heterocycles. The summed E-state index contributed by atoms with van der Waals surface area (Å²) in [4.78, 5) is 8.58. The van der Waals surface area contributed by atoms with Crippen molar-refractivity contribution < 1.29 is 4.79 Å². The van der Waals surface area contributed by atoms with E-state index in [0.717, 1.165) is 6.42 Å². The quantitative estimate of drug-likeness (QED) is 0.632. The molecule has 0 aromatic heterocycles. The fourth-order valence-corrected chi connectivity index (χ4v) is 1.01. The van der Waals surface area contributed by atoms with Crippen LogP contribution in [0.4, 0.5) is 0 Å². The minimum Gasteiger partial charge on any atom is -0.372 e. The van der Waals surface area contributed by atoms with Crippen molar-refractivity contribution in [2.75, 3.05) is 0 Å². The summed E-state index contributed by atoms with van der Waals surface area (Å²) in [5.41, 5.74) is 7.03. The van der Waals surface area contributed by atoms with Gasteiger partial charge >= 0.3 is 0 Å². The number of rotatable bonds is 1. The van der Waals surface area contributed by atoms with Crippen molar-refractivity contribution in [3.05, 3.63) is 35.4 Å². The Morgan fingerprint density at radius 1 is 1.42 bits per heavy atom. The number of hydrogen-bond donors (Lipinski definition) is 1. The third-order valence-electron chi connectivity index (χ3n) is 1.64. The summed E-state index contributed by atoms with van der Waals surface area (Å²) in [5, 5.41) is 0. The highest BCUT2D eigenvalue weighted by molar-refractivity contribution is 5.42. The van der Waals surface area contributed by atoms with Gasteiger partial charge in [0, 0.05) is 0 Å². The van der Waals surface area contributed by atoms with E-state index < -0.39 is 0 Å². The molecule has 0 atom stereocenters. The second kappa shape index (κ2) is 6.40. The Morgan fingerprint density at radius 3 is 2.25 bits per heavy atom. The van der Waals surface area contributed by atoms with Crippen LogP contribution in [0.2, 0.25) is 0 Å². The summed E-state index contributed by atoms with van der Waals surface area (Å²) < 4.78 is 0. The zero-order valence-corrected chi connectivity index (χ0v) is 7.58. The second-order valence-electron chi connectivity index (χ2n) is 2.42. The van der Waals surface area contributed by atoms with Gasteiger partial charge in [0.1, 0.15) is 0 Å². The van der Waals surface area contributed by atoms with Crippen LogP contribution >= 0.6 is 0 Å². The third kappa shape index (κ3) is 3.76. The van der Waals surface area contributed by atoms with Gasteiger partial charge in [-0.05, 0) is 24.5 Å². The molecule has 1 amide bonds. The summed E-state index contributed by atoms with van der Waals surface area (Å²) >= 11 is 0. The number of aryl methyl sites for hydroxylation is 2. The molecular weight excluding hydrogens is 150 g/mol. The van der Waals surface area contributed by atoms with Crippen LogP contribution in [-0.2, 0) is 11.2 Å². The Kier molecular flexibility index (Phi) is 5.70. The van der Waals surface area contributed by atoms with Crippen LogP contribution in [0, 0.1) is 6.92 Å². The zero-order chi connectivity index (χ0) is 9.40. The molecule has 66 valence electrons. The largest absolute Gasteiger partial charge is 0.372 e. The maximum absolute atomic E-state index is 8.58. The van der Waals surface area contributed by atoms with Crippen LogP contribution in [0.25, 0.3) is 0 Å². The number of amides is 1. The van der Waals surface area contributed by atoms with E-state index in [1.807, 2.05) is 0 Å². The van der Waals surface area contributed by atoms with Crippen molar-refractivity contribution in [2.45, 2.75) is 20.3 Å². The van der Waals surface area contributed by atoms with Crippen molar-refractivity contribution in [2.24, 2.45) is 5.73 Å². The van der Waals surface area contributed by atoms with Gasteiger partial charge in [-0.2, -0.15) is 0 Å². The van der Waals surface area contributed by atoms with Crippen LogP contribution in [0.3, 0.4) is 0 Å². The molecule has 0 bridgehead atoms. The minimum atomic E-state index is 0.250. The minimum absolute atomic E-state index is 0.250. The first-order valence-corrected chi connectivity index (χ1v) is 3.96. The van der Waals surface area contributed by atoms with Gasteiger partial charge in [0.2, 0.25) is 6.41 Å². The van der Waals surface area contributed by atoms with Crippen molar-refractivity contribution >= 4 is 6.41 Å². The number of nitrogens with two attached hydrogens (primary N) is 1. The van der Waals surface area contributed by atoms with E-state index in [2.05, 4.69) is 43.8 Å². The Hall–Kier alpha value is -1.31. The molecule has 2 heteroatoms. The summed E-state index contributed by atoms with van der Waals surface area (Å²) in [6.07, 6.45) is 1.40. The standard InChI is InChI=1S/C9H12.CH3NO/c1-3-9-7-5-4-6-8(9)2;2-1-3/h4-7H,3H2,1-2H3;1H,(H2,2,3). The molecule has 1 rings (SSSR count). The lowest BCUT2D eigenvalue weighted by molar-refractivity contribution is -0.106. The lowest BCUT2D eigenvalue weighted by Crippen LogP contribution is -1.82. The first kappa shape index (κ1) is 10.7. The van der Waals surface area contributed by atoms with E-state index in [-0.39, 0.29) is 6.41 Å². The molecule has 12 heavy (non-hydrogen) atoms. The molecule has 0 spiro atoms. The Bertz CT molecular complexity index is 233. The molecule has 0 aliphatic heterocycles. The highest BCUT2D eigenvalue weighted by Crippen LogP contribution is 2.06. The Balaban J connectivity index is 0.000000354. The van der Waals surface area contributed by atoms with Crippen LogP contribution in [0.1, 0.15) is 18.1 Å². The SMILES string of the molecule is CCc1ccccc1C.NC=O. The van der Waals surface area contributed by atoms with Gasteiger partial charge in [-0.25, -0.2) is 0 Å². The maximum Gasteiger partial charge on any atom is 0.204 e. The topological polar surface area (TPSA) is 43.1 Å². The van der Waals surface area contributed by atoms with Gasteiger partial charge in [-0.3, -0.25) is 4.79 Å². The van der Waals surface area contributed by atoms with Crippen molar-refractivity contribution in [1.82, 2.24) is 0 Å². The van der Waals surface area contributed by atoms with Crippen molar-refractivity contribution in [1.29, 1.82) is 0 Å². The van der Waals surface area contributed by atoms with E-state index >= 15 is 0 Å². The Morgan fingerprint density at radius 2 is 1.92 bits per heavy atom. The van der Waals surface area contributed by atoms with Gasteiger partial charge in [0.05, 0.1) is 0 Å². The zero-order valence-electron chi connectivity index (χ0n) is 7.58. The molecule has 1 aromatic rings. The smallest absolute Gasteiger partial charge is 0.204 e. The van der Waals surface area contributed by atoms with Crippen LogP contribution in [0.15, 0.2) is 24.3 Å².